The van der Waals surface area contributed by atoms with Gasteiger partial charge in [-0.1, -0.05) is 48.5 Å². The Kier molecular flexibility index (Phi) is 7.26. The topological polar surface area (TPSA) is 43.9 Å². The Morgan fingerprint density at radius 1 is 0.969 bits per heavy atom. The molecule has 4 rings (SSSR count). The van der Waals surface area contributed by atoms with Crippen molar-refractivity contribution in [3.05, 3.63) is 71.8 Å². The van der Waals surface area contributed by atoms with Crippen LogP contribution in [-0.2, 0) is 4.79 Å². The number of hydrogen-bond acceptors (Lipinski definition) is 3. The maximum absolute atomic E-state index is 13.5. The van der Waals surface area contributed by atoms with Gasteiger partial charge in [-0.05, 0) is 50.8 Å². The largest absolute Gasteiger partial charge is 0.338 e. The minimum Gasteiger partial charge on any atom is -0.338 e. The molecule has 2 heterocycles. The van der Waals surface area contributed by atoms with Gasteiger partial charge in [-0.2, -0.15) is 0 Å². The van der Waals surface area contributed by atoms with Gasteiger partial charge in [-0.3, -0.25) is 14.5 Å². The summed E-state index contributed by atoms with van der Waals surface area (Å²) in [5, 5.41) is 0. The fraction of sp³-hybridized carbons (Fsp3) is 0.481. The smallest absolute Gasteiger partial charge is 0.253 e. The lowest BCUT2D eigenvalue weighted by Crippen LogP contribution is -2.50. The normalized spacial score (nSPS) is 22.5. The third-order valence-electron chi connectivity index (χ3n) is 7.17. The van der Waals surface area contributed by atoms with E-state index >= 15 is 0 Å². The van der Waals surface area contributed by atoms with Crippen molar-refractivity contribution in [2.75, 3.05) is 32.7 Å². The third kappa shape index (κ3) is 4.88. The second kappa shape index (κ2) is 10.3. The first-order valence-corrected chi connectivity index (χ1v) is 12.0. The van der Waals surface area contributed by atoms with Crippen LogP contribution in [0.5, 0.6) is 0 Å². The van der Waals surface area contributed by atoms with Gasteiger partial charge in [0.05, 0.1) is 5.92 Å². The quantitative estimate of drug-likeness (QED) is 0.685. The molecule has 2 fully saturated rings. The van der Waals surface area contributed by atoms with E-state index in [-0.39, 0.29) is 23.8 Å². The van der Waals surface area contributed by atoms with Gasteiger partial charge >= 0.3 is 0 Å². The lowest BCUT2D eigenvalue weighted by molar-refractivity contribution is -0.139. The van der Waals surface area contributed by atoms with E-state index in [1.165, 1.54) is 5.56 Å². The van der Waals surface area contributed by atoms with Crippen molar-refractivity contribution in [1.82, 2.24) is 14.7 Å². The van der Waals surface area contributed by atoms with E-state index in [9.17, 15) is 9.59 Å². The van der Waals surface area contributed by atoms with Crippen LogP contribution in [0.25, 0.3) is 0 Å². The van der Waals surface area contributed by atoms with Crippen LogP contribution in [0.15, 0.2) is 60.7 Å². The van der Waals surface area contributed by atoms with Gasteiger partial charge in [0.25, 0.3) is 5.91 Å². The highest BCUT2D eigenvalue weighted by atomic mass is 16.2. The van der Waals surface area contributed by atoms with Crippen molar-refractivity contribution < 1.29 is 9.59 Å². The number of hydrogen-bond donors (Lipinski definition) is 0. The van der Waals surface area contributed by atoms with Gasteiger partial charge in [0.2, 0.25) is 5.91 Å². The highest BCUT2D eigenvalue weighted by molar-refractivity contribution is 5.94. The molecule has 2 amide bonds. The third-order valence-corrected chi connectivity index (χ3v) is 7.17. The molecule has 0 spiro atoms. The minimum atomic E-state index is -0.100. The summed E-state index contributed by atoms with van der Waals surface area (Å²) in [7, 11) is 0. The monoisotopic (exact) mass is 433 g/mol. The molecule has 2 saturated heterocycles. The number of carbonyl (C=O) groups is 2. The van der Waals surface area contributed by atoms with E-state index in [0.29, 0.717) is 18.2 Å². The highest BCUT2D eigenvalue weighted by Crippen LogP contribution is 2.28. The second-order valence-electron chi connectivity index (χ2n) is 9.10. The fourth-order valence-corrected chi connectivity index (χ4v) is 5.27. The molecule has 2 aliphatic heterocycles. The lowest BCUT2D eigenvalue weighted by Gasteiger charge is -2.37. The van der Waals surface area contributed by atoms with Crippen LogP contribution in [0.4, 0.5) is 0 Å². The van der Waals surface area contributed by atoms with Crippen LogP contribution < -0.4 is 0 Å². The van der Waals surface area contributed by atoms with Gasteiger partial charge < -0.3 is 9.80 Å². The zero-order valence-corrected chi connectivity index (χ0v) is 19.3. The number of carbonyl (C=O) groups excluding carboxylic acids is 2. The van der Waals surface area contributed by atoms with E-state index in [4.69, 9.17) is 0 Å². The Bertz CT molecular complexity index is 902. The maximum Gasteiger partial charge on any atom is 0.253 e. The SMILES string of the molecule is CCN(C(=O)C1CCCN(C(=O)c2ccccc2)C1)C1CCN(C(C)c2ccccc2)C1. The summed E-state index contributed by atoms with van der Waals surface area (Å²) < 4.78 is 0. The van der Waals surface area contributed by atoms with Crippen LogP contribution in [0.1, 0.15) is 55.1 Å². The van der Waals surface area contributed by atoms with Crippen molar-refractivity contribution in [1.29, 1.82) is 0 Å². The number of piperidine rings is 1. The molecule has 0 N–H and O–H groups in total. The highest BCUT2D eigenvalue weighted by Gasteiger charge is 2.37. The van der Waals surface area contributed by atoms with Gasteiger partial charge in [0.15, 0.2) is 0 Å². The number of likely N-dealkylation sites (tertiary alicyclic amines) is 2. The van der Waals surface area contributed by atoms with Crippen LogP contribution in [0, 0.1) is 5.92 Å². The van der Waals surface area contributed by atoms with Crippen LogP contribution >= 0.6 is 0 Å². The molecule has 5 heteroatoms. The zero-order valence-electron chi connectivity index (χ0n) is 19.3. The van der Waals surface area contributed by atoms with Gasteiger partial charge in [-0.25, -0.2) is 0 Å². The van der Waals surface area contributed by atoms with Gasteiger partial charge in [0, 0.05) is 50.4 Å². The van der Waals surface area contributed by atoms with Crippen molar-refractivity contribution in [2.24, 2.45) is 5.92 Å². The molecule has 2 aromatic rings. The summed E-state index contributed by atoms with van der Waals surface area (Å²) in [5.41, 5.74) is 2.03. The van der Waals surface area contributed by atoms with E-state index in [0.717, 1.165) is 45.4 Å². The number of amides is 2. The Labute approximate surface area is 192 Å². The average molecular weight is 434 g/mol. The predicted octanol–water partition coefficient (Wildman–Crippen LogP) is 4.22. The molecular formula is C27H35N3O2. The number of benzene rings is 2. The molecule has 3 unspecified atom stereocenters. The van der Waals surface area contributed by atoms with E-state index < -0.39 is 0 Å². The lowest BCUT2D eigenvalue weighted by atomic mass is 9.95. The Balaban J connectivity index is 1.38. The molecule has 170 valence electrons. The molecule has 32 heavy (non-hydrogen) atoms. The number of likely N-dealkylation sites (N-methyl/N-ethyl adjacent to an activating group) is 1. The van der Waals surface area contributed by atoms with Crippen molar-refractivity contribution in [2.45, 2.75) is 45.2 Å². The Morgan fingerprint density at radius 2 is 1.66 bits per heavy atom. The summed E-state index contributed by atoms with van der Waals surface area (Å²) in [6, 6.07) is 20.6. The summed E-state index contributed by atoms with van der Waals surface area (Å²) >= 11 is 0. The van der Waals surface area contributed by atoms with E-state index in [1.54, 1.807) is 0 Å². The van der Waals surface area contributed by atoms with Crippen LogP contribution in [-0.4, -0.2) is 65.3 Å². The van der Waals surface area contributed by atoms with Crippen molar-refractivity contribution in [3.8, 4) is 0 Å². The molecule has 5 nitrogen and oxygen atoms in total. The first-order valence-electron chi connectivity index (χ1n) is 12.0. The summed E-state index contributed by atoms with van der Waals surface area (Å²) in [4.78, 5) is 32.9. The average Bonchev–Trinajstić information content (AvgIpc) is 3.34. The van der Waals surface area contributed by atoms with Gasteiger partial charge in [-0.15, -0.1) is 0 Å². The molecule has 2 aliphatic rings. The second-order valence-corrected chi connectivity index (χ2v) is 9.10. The van der Waals surface area contributed by atoms with E-state index in [2.05, 4.69) is 54.0 Å². The molecule has 2 aromatic carbocycles. The van der Waals surface area contributed by atoms with Crippen LogP contribution in [0.3, 0.4) is 0 Å². The molecule has 3 atom stereocenters. The number of nitrogens with zero attached hydrogens (tertiary/aromatic N) is 3. The fourth-order valence-electron chi connectivity index (χ4n) is 5.27. The predicted molar refractivity (Wildman–Crippen MR) is 127 cm³/mol. The molecular weight excluding hydrogens is 398 g/mol. The zero-order chi connectivity index (χ0) is 22.5. The maximum atomic E-state index is 13.5. The summed E-state index contributed by atoms with van der Waals surface area (Å²) in [6.07, 6.45) is 2.76. The Morgan fingerprint density at radius 3 is 2.34 bits per heavy atom. The standard InChI is InChI=1S/C27H35N3O2/c1-3-30(25-16-18-28(20-25)21(2)22-11-6-4-7-12-22)27(32)24-15-10-17-29(19-24)26(31)23-13-8-5-9-14-23/h4-9,11-14,21,24-25H,3,10,15-20H2,1-2H3. The number of rotatable bonds is 6. The van der Waals surface area contributed by atoms with Crippen LogP contribution in [0.2, 0.25) is 0 Å². The van der Waals surface area contributed by atoms with Crippen molar-refractivity contribution >= 4 is 11.8 Å². The summed E-state index contributed by atoms with van der Waals surface area (Å²) in [5.74, 6) is 0.157. The van der Waals surface area contributed by atoms with E-state index in [1.807, 2.05) is 35.2 Å². The molecule has 0 radical (unpaired) electrons. The first kappa shape index (κ1) is 22.5. The molecule has 0 bridgehead atoms. The first-order chi connectivity index (χ1) is 15.6. The Hall–Kier alpha value is -2.66. The van der Waals surface area contributed by atoms with Gasteiger partial charge in [0.1, 0.15) is 0 Å². The summed E-state index contributed by atoms with van der Waals surface area (Å²) in [6.45, 7) is 8.24. The minimum absolute atomic E-state index is 0.0369. The molecule has 0 aromatic heterocycles. The molecule has 0 saturated carbocycles. The molecule has 0 aliphatic carbocycles. The van der Waals surface area contributed by atoms with Crippen molar-refractivity contribution in [3.63, 3.8) is 0 Å².